The van der Waals surface area contributed by atoms with Crippen LogP contribution in [0.1, 0.15) is 35.7 Å². The second kappa shape index (κ2) is 9.83. The number of carbonyl (C=O) groups excluding carboxylic acids is 1. The van der Waals surface area contributed by atoms with Gasteiger partial charge < -0.3 is 14.4 Å². The second-order valence-corrected chi connectivity index (χ2v) is 7.90. The van der Waals surface area contributed by atoms with Gasteiger partial charge in [-0.05, 0) is 62.4 Å². The molecule has 0 radical (unpaired) electrons. The first kappa shape index (κ1) is 21.2. The predicted octanol–water partition coefficient (Wildman–Crippen LogP) is 2.94. The normalized spacial score (nSPS) is 17.3. The van der Waals surface area contributed by atoms with Gasteiger partial charge in [0.05, 0.1) is 5.56 Å². The summed E-state index contributed by atoms with van der Waals surface area (Å²) in [6.07, 6.45) is 4.66. The van der Waals surface area contributed by atoms with Crippen LogP contribution in [0.4, 0.5) is 4.39 Å². The minimum absolute atomic E-state index is 0.0278. The second-order valence-electron chi connectivity index (χ2n) is 7.90. The van der Waals surface area contributed by atoms with Crippen LogP contribution in [0.3, 0.4) is 0 Å². The van der Waals surface area contributed by atoms with Gasteiger partial charge >= 0.3 is 0 Å². The monoisotopic (exact) mass is 399 g/mol. The highest BCUT2D eigenvalue weighted by Crippen LogP contribution is 2.19. The average molecular weight is 400 g/mol. The lowest BCUT2D eigenvalue weighted by atomic mass is 9.96. The standard InChI is InChI=1S/C23H30FN3O2/c1-3-27(23(29)20-9-10-22(28)25(2)17-20)16-19-7-5-12-26(15-19)13-11-18-6-4-8-21(24)14-18/h4,6,8-10,14,17,19H,3,5,7,11-13,15-16H2,1-2H3/t19-/m1/s1. The van der Waals surface area contributed by atoms with Gasteiger partial charge in [0.15, 0.2) is 0 Å². The topological polar surface area (TPSA) is 45.6 Å². The highest BCUT2D eigenvalue weighted by Gasteiger charge is 2.24. The van der Waals surface area contributed by atoms with Crippen molar-refractivity contribution in [2.75, 3.05) is 32.7 Å². The first-order valence-electron chi connectivity index (χ1n) is 10.4. The Morgan fingerprint density at radius 1 is 1.28 bits per heavy atom. The maximum absolute atomic E-state index is 13.4. The molecule has 1 saturated heterocycles. The Kier molecular flexibility index (Phi) is 7.20. The average Bonchev–Trinajstić information content (AvgIpc) is 2.72. The third-order valence-electron chi connectivity index (χ3n) is 5.69. The summed E-state index contributed by atoms with van der Waals surface area (Å²) in [7, 11) is 1.66. The van der Waals surface area contributed by atoms with Crippen molar-refractivity contribution >= 4 is 5.91 Å². The molecule has 1 fully saturated rings. The van der Waals surface area contributed by atoms with E-state index in [2.05, 4.69) is 4.90 Å². The van der Waals surface area contributed by atoms with Gasteiger partial charge in [-0.3, -0.25) is 9.59 Å². The van der Waals surface area contributed by atoms with Crippen molar-refractivity contribution in [2.45, 2.75) is 26.2 Å². The van der Waals surface area contributed by atoms with E-state index in [1.807, 2.05) is 17.9 Å². The van der Waals surface area contributed by atoms with Crippen LogP contribution in [0.5, 0.6) is 0 Å². The summed E-state index contributed by atoms with van der Waals surface area (Å²) < 4.78 is 14.8. The molecule has 1 amide bonds. The van der Waals surface area contributed by atoms with Gasteiger partial charge in [0.25, 0.3) is 5.91 Å². The summed E-state index contributed by atoms with van der Waals surface area (Å²) >= 11 is 0. The number of carbonyl (C=O) groups is 1. The number of halogens is 1. The van der Waals surface area contributed by atoms with Crippen LogP contribution < -0.4 is 5.56 Å². The van der Waals surface area contributed by atoms with Gasteiger partial charge in [-0.2, -0.15) is 0 Å². The van der Waals surface area contributed by atoms with E-state index in [0.717, 1.165) is 44.5 Å². The van der Waals surface area contributed by atoms with Crippen LogP contribution in [0.2, 0.25) is 0 Å². The Labute approximate surface area is 171 Å². The Morgan fingerprint density at radius 2 is 2.10 bits per heavy atom. The molecule has 0 aliphatic carbocycles. The van der Waals surface area contributed by atoms with Crippen molar-refractivity contribution in [3.8, 4) is 0 Å². The number of aryl methyl sites for hydroxylation is 1. The van der Waals surface area contributed by atoms with Crippen molar-refractivity contribution in [1.29, 1.82) is 0 Å². The first-order valence-corrected chi connectivity index (χ1v) is 10.4. The molecule has 6 heteroatoms. The number of aromatic nitrogens is 1. The summed E-state index contributed by atoms with van der Waals surface area (Å²) in [5, 5.41) is 0. The number of nitrogens with zero attached hydrogens (tertiary/aromatic N) is 3. The lowest BCUT2D eigenvalue weighted by Crippen LogP contribution is -2.43. The van der Waals surface area contributed by atoms with Crippen molar-refractivity contribution in [3.63, 3.8) is 0 Å². The van der Waals surface area contributed by atoms with Crippen molar-refractivity contribution in [1.82, 2.24) is 14.4 Å². The van der Waals surface area contributed by atoms with E-state index in [4.69, 9.17) is 0 Å². The number of rotatable bonds is 7. The maximum Gasteiger partial charge on any atom is 0.255 e. The number of hydrogen-bond donors (Lipinski definition) is 0. The number of likely N-dealkylation sites (tertiary alicyclic amines) is 1. The number of amides is 1. The molecule has 156 valence electrons. The minimum atomic E-state index is -0.186. The molecule has 1 aromatic carbocycles. The third kappa shape index (κ3) is 5.76. The number of hydrogen-bond acceptors (Lipinski definition) is 3. The smallest absolute Gasteiger partial charge is 0.255 e. The van der Waals surface area contributed by atoms with Gasteiger partial charge in [-0.1, -0.05) is 12.1 Å². The fourth-order valence-electron chi connectivity index (χ4n) is 4.05. The lowest BCUT2D eigenvalue weighted by Gasteiger charge is -2.35. The lowest BCUT2D eigenvalue weighted by molar-refractivity contribution is 0.0690. The van der Waals surface area contributed by atoms with E-state index in [9.17, 15) is 14.0 Å². The van der Waals surface area contributed by atoms with E-state index in [1.54, 1.807) is 31.4 Å². The van der Waals surface area contributed by atoms with E-state index >= 15 is 0 Å². The van der Waals surface area contributed by atoms with E-state index < -0.39 is 0 Å². The molecule has 29 heavy (non-hydrogen) atoms. The molecule has 2 aromatic rings. The Hall–Kier alpha value is -2.47. The van der Waals surface area contributed by atoms with Crippen LogP contribution in [0.15, 0.2) is 47.4 Å². The van der Waals surface area contributed by atoms with Crippen molar-refractivity contribution in [3.05, 3.63) is 69.9 Å². The van der Waals surface area contributed by atoms with Crippen LogP contribution >= 0.6 is 0 Å². The van der Waals surface area contributed by atoms with Crippen molar-refractivity contribution < 1.29 is 9.18 Å². The van der Waals surface area contributed by atoms with Crippen LogP contribution in [-0.2, 0) is 13.5 Å². The molecule has 0 spiro atoms. The number of pyridine rings is 1. The first-order chi connectivity index (χ1) is 14.0. The third-order valence-corrected chi connectivity index (χ3v) is 5.69. The molecule has 5 nitrogen and oxygen atoms in total. The molecule has 1 atom stereocenters. The fraction of sp³-hybridized carbons (Fsp3) is 0.478. The van der Waals surface area contributed by atoms with E-state index in [1.165, 1.54) is 16.7 Å². The zero-order chi connectivity index (χ0) is 20.8. The molecule has 0 N–H and O–H groups in total. The summed E-state index contributed by atoms with van der Waals surface area (Å²) in [5.74, 6) is 0.210. The molecule has 0 unspecified atom stereocenters. The predicted molar refractivity (Wildman–Crippen MR) is 113 cm³/mol. The molecule has 0 saturated carbocycles. The van der Waals surface area contributed by atoms with Gasteiger partial charge in [-0.25, -0.2) is 4.39 Å². The molecular formula is C23H30FN3O2. The van der Waals surface area contributed by atoms with Crippen LogP contribution in [-0.4, -0.2) is 53.0 Å². The van der Waals surface area contributed by atoms with E-state index in [0.29, 0.717) is 24.6 Å². The maximum atomic E-state index is 13.4. The fourth-order valence-corrected chi connectivity index (χ4v) is 4.05. The van der Waals surface area contributed by atoms with Crippen LogP contribution in [0.25, 0.3) is 0 Å². The molecule has 1 aromatic heterocycles. The Bertz CT molecular complexity index is 896. The summed E-state index contributed by atoms with van der Waals surface area (Å²) in [6.45, 7) is 6.25. The van der Waals surface area contributed by atoms with Gasteiger partial charge in [0, 0.05) is 45.5 Å². The molecule has 2 heterocycles. The highest BCUT2D eigenvalue weighted by atomic mass is 19.1. The Balaban J connectivity index is 1.56. The number of piperidine rings is 1. The summed E-state index contributed by atoms with van der Waals surface area (Å²) in [5.41, 5.74) is 1.45. The quantitative estimate of drug-likeness (QED) is 0.719. The summed E-state index contributed by atoms with van der Waals surface area (Å²) in [6, 6.07) is 9.85. The van der Waals surface area contributed by atoms with Gasteiger partial charge in [-0.15, -0.1) is 0 Å². The zero-order valence-corrected chi connectivity index (χ0v) is 17.3. The molecule has 1 aliphatic heterocycles. The summed E-state index contributed by atoms with van der Waals surface area (Å²) in [4.78, 5) is 28.8. The van der Waals surface area contributed by atoms with Gasteiger partial charge in [0.1, 0.15) is 5.82 Å². The SMILES string of the molecule is CCN(C[C@@H]1CCCN(CCc2cccc(F)c2)C1)C(=O)c1ccc(=O)n(C)c1. The molecular weight excluding hydrogens is 369 g/mol. The van der Waals surface area contributed by atoms with Crippen LogP contribution in [0, 0.1) is 11.7 Å². The van der Waals surface area contributed by atoms with Gasteiger partial charge in [0.2, 0.25) is 5.56 Å². The minimum Gasteiger partial charge on any atom is -0.339 e. The molecule has 0 bridgehead atoms. The van der Waals surface area contributed by atoms with Crippen molar-refractivity contribution in [2.24, 2.45) is 13.0 Å². The highest BCUT2D eigenvalue weighted by molar-refractivity contribution is 5.93. The number of benzene rings is 1. The van der Waals surface area contributed by atoms with E-state index in [-0.39, 0.29) is 17.3 Å². The molecule has 1 aliphatic rings. The molecule has 3 rings (SSSR count). The largest absolute Gasteiger partial charge is 0.339 e. The zero-order valence-electron chi connectivity index (χ0n) is 17.3. The Morgan fingerprint density at radius 3 is 2.83 bits per heavy atom.